The van der Waals surface area contributed by atoms with Gasteiger partial charge in [0, 0.05) is 12.2 Å². The first-order valence-electron chi connectivity index (χ1n) is 9.38. The molecule has 2 heterocycles. The number of nitrogens with zero attached hydrogens (tertiary/aromatic N) is 1. The molecule has 4 N–H and O–H groups in total. The van der Waals surface area contributed by atoms with Crippen molar-refractivity contribution >= 4 is 16.9 Å². The number of carbonyl (C=O) groups excluding carboxylic acids is 1. The van der Waals surface area contributed by atoms with Crippen LogP contribution in [0, 0.1) is 11.3 Å². The number of rotatable bonds is 5. The quantitative estimate of drug-likeness (QED) is 0.730. The molecule has 0 aliphatic heterocycles. The lowest BCUT2D eigenvalue weighted by atomic mass is 9.71. The first-order valence-corrected chi connectivity index (χ1v) is 9.38. The molecular formula is C20H30N4O. The molecule has 1 aliphatic rings. The summed E-state index contributed by atoms with van der Waals surface area (Å²) in [5.41, 5.74) is 10.8. The fourth-order valence-corrected chi connectivity index (χ4v) is 3.64. The molecule has 1 aliphatic carbocycles. The van der Waals surface area contributed by atoms with Crippen molar-refractivity contribution in [2.45, 2.75) is 52.9 Å². The van der Waals surface area contributed by atoms with Crippen molar-refractivity contribution in [3.8, 4) is 0 Å². The van der Waals surface area contributed by atoms with E-state index in [1.165, 1.54) is 17.7 Å². The van der Waals surface area contributed by atoms with Gasteiger partial charge in [0.15, 0.2) is 0 Å². The van der Waals surface area contributed by atoms with Crippen LogP contribution in [0.2, 0.25) is 0 Å². The van der Waals surface area contributed by atoms with Crippen molar-refractivity contribution in [1.82, 2.24) is 15.3 Å². The summed E-state index contributed by atoms with van der Waals surface area (Å²) in [6, 6.07) is 4.06. The predicted molar refractivity (Wildman–Crippen MR) is 102 cm³/mol. The number of pyridine rings is 1. The average Bonchev–Trinajstić information content (AvgIpc) is 2.98. The molecule has 136 valence electrons. The maximum absolute atomic E-state index is 12.3. The zero-order chi connectivity index (χ0) is 18.0. The molecule has 0 bridgehead atoms. The predicted octanol–water partition coefficient (Wildman–Crippen LogP) is 3.18. The van der Waals surface area contributed by atoms with Crippen molar-refractivity contribution < 1.29 is 4.79 Å². The minimum atomic E-state index is -0.0689. The molecule has 0 aromatic carbocycles. The molecule has 0 saturated carbocycles. The molecule has 5 heteroatoms. The van der Waals surface area contributed by atoms with Gasteiger partial charge in [-0.05, 0) is 67.7 Å². The Morgan fingerprint density at radius 1 is 1.36 bits per heavy atom. The highest BCUT2D eigenvalue weighted by molar-refractivity contribution is 5.97. The van der Waals surface area contributed by atoms with Crippen LogP contribution in [-0.2, 0) is 12.8 Å². The largest absolute Gasteiger partial charge is 0.351 e. The lowest BCUT2D eigenvalue weighted by Crippen LogP contribution is -2.27. The number of amides is 1. The van der Waals surface area contributed by atoms with Gasteiger partial charge in [0.1, 0.15) is 5.69 Å². The lowest BCUT2D eigenvalue weighted by molar-refractivity contribution is 0.0949. The summed E-state index contributed by atoms with van der Waals surface area (Å²) in [7, 11) is 0. The maximum atomic E-state index is 12.3. The van der Waals surface area contributed by atoms with Crippen molar-refractivity contribution in [3.63, 3.8) is 0 Å². The van der Waals surface area contributed by atoms with Crippen LogP contribution in [0.25, 0.3) is 11.0 Å². The van der Waals surface area contributed by atoms with Crippen LogP contribution in [0.4, 0.5) is 0 Å². The van der Waals surface area contributed by atoms with Gasteiger partial charge in [-0.25, -0.2) is 0 Å². The molecule has 2 aromatic rings. The number of unbranched alkanes of at least 4 members (excludes halogenated alkanes) is 1. The number of H-pyrrole nitrogens is 1. The molecule has 0 saturated heterocycles. The van der Waals surface area contributed by atoms with E-state index in [0.29, 0.717) is 30.1 Å². The first-order chi connectivity index (χ1) is 11.9. The number of nitrogens with two attached hydrogens (primary N) is 1. The number of aromatic amines is 1. The van der Waals surface area contributed by atoms with Crippen LogP contribution in [0.15, 0.2) is 12.1 Å². The molecule has 1 amide bonds. The molecule has 3 rings (SSSR count). The Hall–Kier alpha value is -1.88. The van der Waals surface area contributed by atoms with Crippen LogP contribution in [0.1, 0.15) is 61.8 Å². The number of aryl methyl sites for hydroxylation is 1. The lowest BCUT2D eigenvalue weighted by Gasteiger charge is -2.34. The third kappa shape index (κ3) is 4.03. The zero-order valence-electron chi connectivity index (χ0n) is 15.6. The summed E-state index contributed by atoms with van der Waals surface area (Å²) in [5.74, 6) is 0.611. The second-order valence-corrected chi connectivity index (χ2v) is 8.27. The summed E-state index contributed by atoms with van der Waals surface area (Å²) in [4.78, 5) is 20.3. The van der Waals surface area contributed by atoms with Crippen LogP contribution >= 0.6 is 0 Å². The number of nitrogens with one attached hydrogen (secondary N) is 2. The number of fused-ring (bicyclic) bond motifs is 2. The van der Waals surface area contributed by atoms with Crippen LogP contribution in [0.3, 0.4) is 0 Å². The SMILES string of the molecule is CC(C)(C)C1CCc2nc3cc(C(=O)NCCCCN)[nH]c3cc2C1. The van der Waals surface area contributed by atoms with E-state index in [9.17, 15) is 4.79 Å². The number of carbonyl (C=O) groups is 1. The topological polar surface area (TPSA) is 83.8 Å². The molecule has 25 heavy (non-hydrogen) atoms. The van der Waals surface area contributed by atoms with Gasteiger partial charge in [-0.1, -0.05) is 20.8 Å². The Morgan fingerprint density at radius 3 is 2.88 bits per heavy atom. The number of hydrogen-bond acceptors (Lipinski definition) is 3. The van der Waals surface area contributed by atoms with Crippen molar-refractivity contribution in [1.29, 1.82) is 0 Å². The van der Waals surface area contributed by atoms with E-state index >= 15 is 0 Å². The second-order valence-electron chi connectivity index (χ2n) is 8.27. The van der Waals surface area contributed by atoms with Crippen LogP contribution in [-0.4, -0.2) is 29.0 Å². The van der Waals surface area contributed by atoms with E-state index in [0.717, 1.165) is 36.7 Å². The Balaban J connectivity index is 1.77. The highest BCUT2D eigenvalue weighted by Crippen LogP contribution is 2.37. The summed E-state index contributed by atoms with van der Waals surface area (Å²) < 4.78 is 0. The smallest absolute Gasteiger partial charge is 0.267 e. The number of hydrogen-bond donors (Lipinski definition) is 3. The van der Waals surface area contributed by atoms with E-state index in [-0.39, 0.29) is 5.91 Å². The van der Waals surface area contributed by atoms with E-state index in [4.69, 9.17) is 10.7 Å². The average molecular weight is 342 g/mol. The molecule has 0 fully saturated rings. The zero-order valence-corrected chi connectivity index (χ0v) is 15.6. The Kier molecular flexibility index (Phi) is 5.13. The standard InChI is InChI=1S/C20H30N4O/c1-20(2,3)14-6-7-15-13(10-14)11-16-17(23-15)12-18(24-16)19(25)22-9-5-4-8-21/h11-12,14,24H,4-10,21H2,1-3H3,(H,22,25). The number of aromatic nitrogens is 2. The monoisotopic (exact) mass is 342 g/mol. The van der Waals surface area contributed by atoms with Gasteiger partial charge >= 0.3 is 0 Å². The van der Waals surface area contributed by atoms with Crippen molar-refractivity contribution in [2.24, 2.45) is 17.1 Å². The van der Waals surface area contributed by atoms with E-state index in [1.54, 1.807) is 0 Å². The van der Waals surface area contributed by atoms with Crippen molar-refractivity contribution in [2.75, 3.05) is 13.1 Å². The minimum Gasteiger partial charge on any atom is -0.351 e. The third-order valence-electron chi connectivity index (χ3n) is 5.35. The van der Waals surface area contributed by atoms with Crippen LogP contribution in [0.5, 0.6) is 0 Å². The Labute approximate surface area is 149 Å². The molecule has 5 nitrogen and oxygen atoms in total. The molecule has 1 atom stereocenters. The third-order valence-corrected chi connectivity index (χ3v) is 5.35. The van der Waals surface area contributed by atoms with Gasteiger partial charge in [-0.15, -0.1) is 0 Å². The normalized spacial score (nSPS) is 17.5. The van der Waals surface area contributed by atoms with Gasteiger partial charge in [0.25, 0.3) is 5.91 Å². The molecular weight excluding hydrogens is 312 g/mol. The second kappa shape index (κ2) is 7.16. The minimum absolute atomic E-state index is 0.0689. The van der Waals surface area contributed by atoms with E-state index in [1.807, 2.05) is 6.07 Å². The molecule has 2 aromatic heterocycles. The summed E-state index contributed by atoms with van der Waals surface area (Å²) in [6.07, 6.45) is 5.12. The highest BCUT2D eigenvalue weighted by atomic mass is 16.1. The van der Waals surface area contributed by atoms with Gasteiger partial charge < -0.3 is 16.0 Å². The summed E-state index contributed by atoms with van der Waals surface area (Å²) in [5, 5.41) is 2.94. The van der Waals surface area contributed by atoms with Gasteiger partial charge in [0.05, 0.1) is 11.0 Å². The van der Waals surface area contributed by atoms with Gasteiger partial charge in [-0.3, -0.25) is 9.78 Å². The van der Waals surface area contributed by atoms with Crippen LogP contribution < -0.4 is 11.1 Å². The fourth-order valence-electron chi connectivity index (χ4n) is 3.64. The van der Waals surface area contributed by atoms with E-state index in [2.05, 4.69) is 37.1 Å². The van der Waals surface area contributed by atoms with Gasteiger partial charge in [0.2, 0.25) is 0 Å². The molecule has 0 radical (unpaired) electrons. The van der Waals surface area contributed by atoms with E-state index < -0.39 is 0 Å². The molecule has 1 unspecified atom stereocenters. The Morgan fingerprint density at radius 2 is 2.16 bits per heavy atom. The maximum Gasteiger partial charge on any atom is 0.267 e. The first kappa shape index (κ1) is 17.9. The summed E-state index contributed by atoms with van der Waals surface area (Å²) in [6.45, 7) is 8.26. The Bertz CT molecular complexity index is 757. The fraction of sp³-hybridized carbons (Fsp3) is 0.600. The van der Waals surface area contributed by atoms with Crippen molar-refractivity contribution in [3.05, 3.63) is 29.1 Å². The van der Waals surface area contributed by atoms with Gasteiger partial charge in [-0.2, -0.15) is 0 Å². The summed E-state index contributed by atoms with van der Waals surface area (Å²) >= 11 is 0. The molecule has 0 spiro atoms. The highest BCUT2D eigenvalue weighted by Gasteiger charge is 2.29.